The molecule has 4 rings (SSSR count). The van der Waals surface area contributed by atoms with Gasteiger partial charge in [0.2, 0.25) is 11.8 Å². The van der Waals surface area contributed by atoms with Crippen molar-refractivity contribution in [2.75, 3.05) is 13.2 Å². The van der Waals surface area contributed by atoms with Crippen molar-refractivity contribution in [3.05, 3.63) is 94.2 Å². The number of carbonyl (C=O) groups excluding carboxylic acids is 2. The van der Waals surface area contributed by atoms with Gasteiger partial charge in [0.1, 0.15) is 12.6 Å². The lowest BCUT2D eigenvalue weighted by atomic mass is 9.90. The summed E-state index contributed by atoms with van der Waals surface area (Å²) in [5.41, 5.74) is 2.48. The van der Waals surface area contributed by atoms with Gasteiger partial charge in [-0.2, -0.15) is 0 Å². The first kappa shape index (κ1) is 22.7. The summed E-state index contributed by atoms with van der Waals surface area (Å²) < 4.78 is 0. The van der Waals surface area contributed by atoms with Crippen LogP contribution < -0.4 is 5.32 Å². The number of oxime groups is 1. The van der Waals surface area contributed by atoms with Crippen molar-refractivity contribution >= 4 is 28.9 Å². The molecule has 170 valence electrons. The van der Waals surface area contributed by atoms with Crippen molar-refractivity contribution in [2.45, 2.75) is 31.8 Å². The molecule has 1 N–H and O–H groups in total. The van der Waals surface area contributed by atoms with Crippen molar-refractivity contribution in [3.8, 4) is 0 Å². The fraction of sp³-hybridized carbons (Fsp3) is 0.269. The quantitative estimate of drug-likeness (QED) is 0.512. The van der Waals surface area contributed by atoms with E-state index >= 15 is 0 Å². The molecule has 1 saturated heterocycles. The Morgan fingerprint density at radius 2 is 1.73 bits per heavy atom. The van der Waals surface area contributed by atoms with E-state index in [1.165, 1.54) is 0 Å². The van der Waals surface area contributed by atoms with Crippen LogP contribution in [0.5, 0.6) is 0 Å². The molecule has 1 aromatic heterocycles. The molecule has 1 aliphatic rings. The molecule has 0 spiro atoms. The second-order valence-corrected chi connectivity index (χ2v) is 8.85. The SMILES string of the molecule is CCO/N=C1/C[C@@H](C(=O)NCc2cccs2)N(C(=O)C(c2ccccc2)c2ccccc2)C1. The first-order valence-electron chi connectivity index (χ1n) is 11.1. The van der Waals surface area contributed by atoms with Crippen LogP contribution in [0.1, 0.15) is 35.3 Å². The van der Waals surface area contributed by atoms with Crippen molar-refractivity contribution in [2.24, 2.45) is 5.16 Å². The number of hydrogen-bond acceptors (Lipinski definition) is 5. The Bertz CT molecular complexity index is 1040. The molecule has 0 saturated carbocycles. The molecule has 3 aromatic rings. The van der Waals surface area contributed by atoms with E-state index in [2.05, 4.69) is 10.5 Å². The molecule has 0 bridgehead atoms. The van der Waals surface area contributed by atoms with Gasteiger partial charge in [-0.1, -0.05) is 71.9 Å². The summed E-state index contributed by atoms with van der Waals surface area (Å²) >= 11 is 1.59. The summed E-state index contributed by atoms with van der Waals surface area (Å²) in [7, 11) is 0. The average Bonchev–Trinajstić information content (AvgIpc) is 3.53. The number of likely N-dealkylation sites (tertiary alicyclic amines) is 1. The third kappa shape index (κ3) is 5.49. The summed E-state index contributed by atoms with van der Waals surface area (Å²) in [6, 6.07) is 22.7. The monoisotopic (exact) mass is 461 g/mol. The highest BCUT2D eigenvalue weighted by atomic mass is 32.1. The molecule has 1 fully saturated rings. The topological polar surface area (TPSA) is 71.0 Å². The fourth-order valence-electron chi connectivity index (χ4n) is 4.03. The standard InChI is InChI=1S/C26H27N3O3S/c1-2-32-28-21-16-23(25(30)27-17-22-14-9-15-33-22)29(18-21)26(31)24(19-10-5-3-6-11-19)20-12-7-4-8-13-20/h3-15,23-24H,2,16-18H2,1H3,(H,27,30)/b28-21-/t23-/m0/s1. The predicted molar refractivity (Wildman–Crippen MR) is 130 cm³/mol. The lowest BCUT2D eigenvalue weighted by molar-refractivity contribution is -0.138. The third-order valence-corrected chi connectivity index (χ3v) is 6.47. The highest BCUT2D eigenvalue weighted by Gasteiger charge is 2.41. The molecule has 2 amide bonds. The van der Waals surface area contributed by atoms with Gasteiger partial charge < -0.3 is 15.1 Å². The largest absolute Gasteiger partial charge is 0.396 e. The highest BCUT2D eigenvalue weighted by molar-refractivity contribution is 7.09. The second kappa shape index (κ2) is 10.9. The molecule has 6 nitrogen and oxygen atoms in total. The third-order valence-electron chi connectivity index (χ3n) is 5.60. The van der Waals surface area contributed by atoms with Gasteiger partial charge in [-0.25, -0.2) is 0 Å². The van der Waals surface area contributed by atoms with E-state index in [0.717, 1.165) is 16.0 Å². The molecule has 1 atom stereocenters. The Balaban J connectivity index is 1.62. The lowest BCUT2D eigenvalue weighted by Gasteiger charge is -2.28. The van der Waals surface area contributed by atoms with Crippen LogP contribution in [-0.4, -0.2) is 41.6 Å². The van der Waals surface area contributed by atoms with E-state index in [-0.39, 0.29) is 18.4 Å². The minimum absolute atomic E-state index is 0.120. The number of benzene rings is 2. The van der Waals surface area contributed by atoms with E-state index in [4.69, 9.17) is 4.84 Å². The lowest BCUT2D eigenvalue weighted by Crippen LogP contribution is -2.47. The highest BCUT2D eigenvalue weighted by Crippen LogP contribution is 2.30. The fourth-order valence-corrected chi connectivity index (χ4v) is 4.68. The molecular formula is C26H27N3O3S. The van der Waals surface area contributed by atoms with Crippen molar-refractivity contribution < 1.29 is 14.4 Å². The molecule has 1 aliphatic heterocycles. The maximum absolute atomic E-state index is 14.0. The van der Waals surface area contributed by atoms with Crippen LogP contribution in [0.4, 0.5) is 0 Å². The normalized spacial score (nSPS) is 16.8. The van der Waals surface area contributed by atoms with Gasteiger partial charge in [-0.3, -0.25) is 9.59 Å². The molecule has 33 heavy (non-hydrogen) atoms. The van der Waals surface area contributed by atoms with Crippen LogP contribution in [-0.2, 0) is 21.0 Å². The number of thiophene rings is 1. The van der Waals surface area contributed by atoms with Crippen LogP contribution in [0, 0.1) is 0 Å². The van der Waals surface area contributed by atoms with Gasteiger partial charge in [0.05, 0.1) is 24.7 Å². The van der Waals surface area contributed by atoms with E-state index in [0.29, 0.717) is 25.3 Å². The second-order valence-electron chi connectivity index (χ2n) is 7.81. The van der Waals surface area contributed by atoms with E-state index in [9.17, 15) is 9.59 Å². The zero-order chi connectivity index (χ0) is 23.0. The van der Waals surface area contributed by atoms with Gasteiger partial charge in [-0.15, -0.1) is 11.3 Å². The Labute approximate surface area is 197 Å². The molecule has 0 aliphatic carbocycles. The minimum Gasteiger partial charge on any atom is -0.396 e. The van der Waals surface area contributed by atoms with Gasteiger partial charge in [0.15, 0.2) is 0 Å². The zero-order valence-corrected chi connectivity index (χ0v) is 19.3. The smallest absolute Gasteiger partial charge is 0.243 e. The maximum atomic E-state index is 14.0. The molecule has 2 heterocycles. The average molecular weight is 462 g/mol. The minimum atomic E-state index is -0.633. The first-order chi connectivity index (χ1) is 16.2. The predicted octanol–water partition coefficient (Wildman–Crippen LogP) is 4.19. The van der Waals surface area contributed by atoms with Crippen molar-refractivity contribution in [1.82, 2.24) is 10.2 Å². The Hall–Kier alpha value is -3.45. The number of nitrogens with one attached hydrogen (secondary N) is 1. The van der Waals surface area contributed by atoms with Gasteiger partial charge in [0, 0.05) is 11.3 Å². The Kier molecular flexibility index (Phi) is 7.52. The Morgan fingerprint density at radius 3 is 2.30 bits per heavy atom. The van der Waals surface area contributed by atoms with E-state index in [1.807, 2.05) is 85.1 Å². The van der Waals surface area contributed by atoms with Gasteiger partial charge in [-0.05, 0) is 29.5 Å². The number of hydrogen-bond donors (Lipinski definition) is 1. The number of nitrogens with zero attached hydrogens (tertiary/aromatic N) is 2. The summed E-state index contributed by atoms with van der Waals surface area (Å²) in [6.45, 7) is 3.00. The molecular weight excluding hydrogens is 434 g/mol. The Morgan fingerprint density at radius 1 is 1.06 bits per heavy atom. The number of carbonyl (C=O) groups is 2. The number of rotatable bonds is 8. The molecule has 0 radical (unpaired) electrons. The van der Waals surface area contributed by atoms with Crippen LogP contribution >= 0.6 is 11.3 Å². The molecule has 2 aromatic carbocycles. The number of amides is 2. The zero-order valence-electron chi connectivity index (χ0n) is 18.5. The summed E-state index contributed by atoms with van der Waals surface area (Å²) in [5.74, 6) is -0.810. The van der Waals surface area contributed by atoms with Crippen LogP contribution in [0.15, 0.2) is 83.3 Å². The van der Waals surface area contributed by atoms with Crippen LogP contribution in [0.2, 0.25) is 0 Å². The summed E-state index contributed by atoms with van der Waals surface area (Å²) in [5, 5.41) is 9.13. The summed E-state index contributed by atoms with van der Waals surface area (Å²) in [4.78, 5) is 35.1. The molecule has 7 heteroatoms. The summed E-state index contributed by atoms with van der Waals surface area (Å²) in [6.07, 6.45) is 0.359. The first-order valence-corrected chi connectivity index (χ1v) is 11.9. The van der Waals surface area contributed by atoms with Crippen LogP contribution in [0.25, 0.3) is 0 Å². The van der Waals surface area contributed by atoms with Crippen LogP contribution in [0.3, 0.4) is 0 Å². The van der Waals surface area contributed by atoms with E-state index < -0.39 is 12.0 Å². The van der Waals surface area contributed by atoms with Crippen molar-refractivity contribution in [1.29, 1.82) is 0 Å². The van der Waals surface area contributed by atoms with Gasteiger partial charge in [0.25, 0.3) is 0 Å². The van der Waals surface area contributed by atoms with Crippen molar-refractivity contribution in [3.63, 3.8) is 0 Å². The molecule has 0 unspecified atom stereocenters. The van der Waals surface area contributed by atoms with Gasteiger partial charge >= 0.3 is 0 Å². The van der Waals surface area contributed by atoms with E-state index in [1.54, 1.807) is 16.2 Å². The maximum Gasteiger partial charge on any atom is 0.243 e.